The summed E-state index contributed by atoms with van der Waals surface area (Å²) in [6, 6.07) is 16.1. The number of fused-ring (bicyclic) bond motifs is 1. The van der Waals surface area contributed by atoms with Crippen molar-refractivity contribution in [2.45, 2.75) is 72.1 Å². The van der Waals surface area contributed by atoms with Crippen LogP contribution in [0.25, 0.3) is 11.6 Å². The maximum atomic E-state index is 2.45. The third-order valence-corrected chi connectivity index (χ3v) is 6.71. The van der Waals surface area contributed by atoms with Gasteiger partial charge in [0.2, 0.25) is 0 Å². The topological polar surface area (TPSA) is 3.24 Å². The average Bonchev–Trinajstić information content (AvgIpc) is 2.67. The lowest BCUT2D eigenvalue weighted by molar-refractivity contribution is 0.332. The van der Waals surface area contributed by atoms with Crippen molar-refractivity contribution >= 4 is 17.3 Å². The SMILES string of the molecule is CCN(CC)c1ccc(/C=C(\C)c2ccc3c(c2)C(C)(C)CCC3(C)C)cc1. The molecule has 0 saturated carbocycles. The number of rotatable bonds is 5. The van der Waals surface area contributed by atoms with Gasteiger partial charge in [0.25, 0.3) is 0 Å². The minimum Gasteiger partial charge on any atom is -0.372 e. The van der Waals surface area contributed by atoms with E-state index in [1.165, 1.54) is 46.4 Å². The number of allylic oxidation sites excluding steroid dienone is 1. The molecule has 2 aromatic rings. The number of hydrogen-bond donors (Lipinski definition) is 0. The van der Waals surface area contributed by atoms with E-state index in [-0.39, 0.29) is 10.8 Å². The fourth-order valence-corrected chi connectivity index (χ4v) is 4.54. The normalized spacial score (nSPS) is 17.9. The molecule has 1 aliphatic rings. The van der Waals surface area contributed by atoms with Gasteiger partial charge in [-0.2, -0.15) is 0 Å². The average molecular weight is 376 g/mol. The van der Waals surface area contributed by atoms with Gasteiger partial charge < -0.3 is 4.90 Å². The van der Waals surface area contributed by atoms with Crippen molar-refractivity contribution in [2.75, 3.05) is 18.0 Å². The van der Waals surface area contributed by atoms with E-state index in [0.717, 1.165) is 13.1 Å². The number of nitrogens with zero attached hydrogens (tertiary/aromatic N) is 1. The Kier molecular flexibility index (Phi) is 5.75. The van der Waals surface area contributed by atoms with E-state index in [4.69, 9.17) is 0 Å². The van der Waals surface area contributed by atoms with E-state index in [1.54, 1.807) is 0 Å². The molecule has 0 fully saturated rings. The quantitative estimate of drug-likeness (QED) is 0.491. The molecule has 0 aliphatic heterocycles. The summed E-state index contributed by atoms with van der Waals surface area (Å²) in [6.45, 7) is 18.3. The first-order valence-electron chi connectivity index (χ1n) is 10.9. The summed E-state index contributed by atoms with van der Waals surface area (Å²) in [5, 5.41) is 0. The van der Waals surface area contributed by atoms with Crippen LogP contribution in [0, 0.1) is 0 Å². The lowest BCUT2D eigenvalue weighted by atomic mass is 9.63. The number of anilines is 1. The fourth-order valence-electron chi connectivity index (χ4n) is 4.54. The summed E-state index contributed by atoms with van der Waals surface area (Å²) in [7, 11) is 0. The third-order valence-electron chi connectivity index (χ3n) is 6.71. The molecule has 2 aromatic carbocycles. The first kappa shape index (κ1) is 20.7. The standard InChI is InChI=1S/C27H37N/c1-8-28(9-2)23-13-10-21(11-14-23)18-20(3)22-12-15-24-25(19-22)27(6,7)17-16-26(24,4)5/h10-15,18-19H,8-9,16-17H2,1-7H3/b20-18+. The van der Waals surface area contributed by atoms with Crippen molar-refractivity contribution in [3.05, 3.63) is 64.7 Å². The predicted molar refractivity (Wildman–Crippen MR) is 125 cm³/mol. The Morgan fingerprint density at radius 3 is 2.00 bits per heavy atom. The molecule has 0 spiro atoms. The molecule has 28 heavy (non-hydrogen) atoms. The highest BCUT2D eigenvalue weighted by Gasteiger charge is 2.36. The Bertz CT molecular complexity index is 848. The monoisotopic (exact) mass is 375 g/mol. The zero-order chi connectivity index (χ0) is 20.5. The van der Waals surface area contributed by atoms with E-state index in [9.17, 15) is 0 Å². The zero-order valence-electron chi connectivity index (χ0n) is 18.9. The van der Waals surface area contributed by atoms with Gasteiger partial charge in [-0.25, -0.2) is 0 Å². The molecule has 1 aliphatic carbocycles. The maximum Gasteiger partial charge on any atom is 0.0366 e. The van der Waals surface area contributed by atoms with Crippen molar-refractivity contribution in [2.24, 2.45) is 0 Å². The van der Waals surface area contributed by atoms with Crippen molar-refractivity contribution in [1.29, 1.82) is 0 Å². The van der Waals surface area contributed by atoms with Crippen LogP contribution in [0.5, 0.6) is 0 Å². The van der Waals surface area contributed by atoms with Crippen LogP contribution >= 0.6 is 0 Å². The van der Waals surface area contributed by atoms with Gasteiger partial charge in [-0.1, -0.05) is 64.1 Å². The highest BCUT2D eigenvalue weighted by Crippen LogP contribution is 2.46. The minimum atomic E-state index is 0.257. The molecule has 0 aromatic heterocycles. The van der Waals surface area contributed by atoms with Gasteiger partial charge in [0, 0.05) is 18.8 Å². The first-order valence-corrected chi connectivity index (χ1v) is 10.9. The van der Waals surface area contributed by atoms with Gasteiger partial charge in [-0.05, 0) is 84.4 Å². The second-order valence-electron chi connectivity index (χ2n) is 9.62. The molecule has 1 nitrogen and oxygen atoms in total. The Hall–Kier alpha value is -2.02. The van der Waals surface area contributed by atoms with E-state index >= 15 is 0 Å². The van der Waals surface area contributed by atoms with E-state index in [2.05, 4.69) is 102 Å². The summed E-state index contributed by atoms with van der Waals surface area (Å²) in [4.78, 5) is 2.38. The van der Waals surface area contributed by atoms with Crippen LogP contribution < -0.4 is 4.90 Å². The van der Waals surface area contributed by atoms with E-state index < -0.39 is 0 Å². The molecule has 0 saturated heterocycles. The molecule has 0 N–H and O–H groups in total. The van der Waals surface area contributed by atoms with Crippen molar-refractivity contribution in [1.82, 2.24) is 0 Å². The predicted octanol–water partition coefficient (Wildman–Crippen LogP) is 7.44. The lowest BCUT2D eigenvalue weighted by Gasteiger charge is -2.42. The Morgan fingerprint density at radius 1 is 0.857 bits per heavy atom. The molecule has 3 rings (SSSR count). The van der Waals surface area contributed by atoms with Gasteiger partial charge in [-0.15, -0.1) is 0 Å². The van der Waals surface area contributed by atoms with Gasteiger partial charge >= 0.3 is 0 Å². The Labute approximate surface area is 172 Å². The summed E-state index contributed by atoms with van der Waals surface area (Å²) in [5.41, 5.74) is 8.85. The van der Waals surface area contributed by atoms with Crippen molar-refractivity contribution in [3.63, 3.8) is 0 Å². The van der Waals surface area contributed by atoms with E-state index in [1.807, 2.05) is 0 Å². The molecular formula is C27H37N. The molecule has 150 valence electrons. The highest BCUT2D eigenvalue weighted by molar-refractivity contribution is 5.81. The van der Waals surface area contributed by atoms with Crippen LogP contribution in [0.1, 0.15) is 83.6 Å². The van der Waals surface area contributed by atoms with Crippen molar-refractivity contribution < 1.29 is 0 Å². The van der Waals surface area contributed by atoms with Crippen LogP contribution in [0.15, 0.2) is 42.5 Å². The lowest BCUT2D eigenvalue weighted by Crippen LogP contribution is -2.33. The Morgan fingerprint density at radius 2 is 1.43 bits per heavy atom. The zero-order valence-corrected chi connectivity index (χ0v) is 18.9. The molecule has 0 bridgehead atoms. The molecule has 0 atom stereocenters. The van der Waals surface area contributed by atoms with Gasteiger partial charge in [0.05, 0.1) is 0 Å². The molecule has 0 unspecified atom stereocenters. The van der Waals surface area contributed by atoms with Gasteiger partial charge in [-0.3, -0.25) is 0 Å². The molecule has 0 amide bonds. The van der Waals surface area contributed by atoms with Gasteiger partial charge in [0.1, 0.15) is 0 Å². The summed E-state index contributed by atoms with van der Waals surface area (Å²) < 4.78 is 0. The Balaban J connectivity index is 1.92. The molecule has 1 heteroatoms. The molecule has 0 heterocycles. The second-order valence-corrected chi connectivity index (χ2v) is 9.62. The highest BCUT2D eigenvalue weighted by atomic mass is 15.1. The van der Waals surface area contributed by atoms with Crippen LogP contribution in [0.4, 0.5) is 5.69 Å². The summed E-state index contributed by atoms with van der Waals surface area (Å²) in [5.74, 6) is 0. The van der Waals surface area contributed by atoms with Gasteiger partial charge in [0.15, 0.2) is 0 Å². The maximum absolute atomic E-state index is 2.45. The van der Waals surface area contributed by atoms with Crippen LogP contribution in [0.3, 0.4) is 0 Å². The first-order chi connectivity index (χ1) is 13.2. The van der Waals surface area contributed by atoms with Crippen LogP contribution in [-0.4, -0.2) is 13.1 Å². The van der Waals surface area contributed by atoms with Crippen molar-refractivity contribution in [3.8, 4) is 0 Å². The number of benzene rings is 2. The fraction of sp³-hybridized carbons (Fsp3) is 0.481. The second kappa shape index (κ2) is 7.78. The van der Waals surface area contributed by atoms with E-state index in [0.29, 0.717) is 0 Å². The number of hydrogen-bond acceptors (Lipinski definition) is 1. The largest absolute Gasteiger partial charge is 0.372 e. The molecule has 0 radical (unpaired) electrons. The summed E-state index contributed by atoms with van der Waals surface area (Å²) in [6.07, 6.45) is 4.83. The summed E-state index contributed by atoms with van der Waals surface area (Å²) >= 11 is 0. The minimum absolute atomic E-state index is 0.257. The third kappa shape index (κ3) is 4.04. The van der Waals surface area contributed by atoms with Crippen LogP contribution in [0.2, 0.25) is 0 Å². The van der Waals surface area contributed by atoms with Crippen LogP contribution in [-0.2, 0) is 10.8 Å². The smallest absolute Gasteiger partial charge is 0.0366 e. The molecular weight excluding hydrogens is 338 g/mol.